The Labute approximate surface area is 227 Å². The molecule has 1 saturated carbocycles. The van der Waals surface area contributed by atoms with Gasteiger partial charge in [0, 0.05) is 66.1 Å². The van der Waals surface area contributed by atoms with Gasteiger partial charge in [-0.1, -0.05) is 18.5 Å². The molecule has 5 rings (SSSR count). The molecule has 1 aliphatic carbocycles. The van der Waals surface area contributed by atoms with Gasteiger partial charge in [-0.05, 0) is 56.4 Å². The van der Waals surface area contributed by atoms with Gasteiger partial charge >= 0.3 is 0 Å². The highest BCUT2D eigenvalue weighted by Gasteiger charge is 2.29. The number of nitrogens with one attached hydrogen (secondary N) is 1. The fourth-order valence-corrected chi connectivity index (χ4v) is 6.14. The number of carbonyl (C=O) groups excluding carboxylic acids is 1. The van der Waals surface area contributed by atoms with Crippen LogP contribution in [0.2, 0.25) is 5.02 Å². The number of hydrogen-bond acceptors (Lipinski definition) is 4. The van der Waals surface area contributed by atoms with Gasteiger partial charge in [0.25, 0.3) is 0 Å². The van der Waals surface area contributed by atoms with Gasteiger partial charge in [0.2, 0.25) is 5.91 Å². The number of methoxy groups -OCH3 is 1. The van der Waals surface area contributed by atoms with Crippen molar-refractivity contribution in [3.05, 3.63) is 64.5 Å². The predicted molar refractivity (Wildman–Crippen MR) is 147 cm³/mol. The molecule has 3 heterocycles. The van der Waals surface area contributed by atoms with Crippen molar-refractivity contribution in [1.29, 1.82) is 0 Å². The van der Waals surface area contributed by atoms with E-state index in [9.17, 15) is 9.18 Å². The van der Waals surface area contributed by atoms with E-state index in [4.69, 9.17) is 21.4 Å². The molecule has 38 heavy (non-hydrogen) atoms. The zero-order valence-electron chi connectivity index (χ0n) is 22.4. The Morgan fingerprint density at radius 3 is 2.66 bits per heavy atom. The first-order valence-corrected chi connectivity index (χ1v) is 13.3. The van der Waals surface area contributed by atoms with E-state index in [1.54, 1.807) is 18.1 Å². The lowest BCUT2D eigenvalue weighted by molar-refractivity contribution is -0.134. The number of carbonyl (C=O) groups is 1. The van der Waals surface area contributed by atoms with E-state index >= 15 is 0 Å². The maximum atomic E-state index is 14.4. The number of aromatic amines is 1. The fourth-order valence-electron chi connectivity index (χ4n) is 5.82. The highest BCUT2D eigenvalue weighted by atomic mass is 35.5. The lowest BCUT2D eigenvalue weighted by atomic mass is 9.85. The number of nitrogens with zero attached hydrogens (tertiary/aromatic N) is 4. The molecule has 1 aliphatic rings. The lowest BCUT2D eigenvalue weighted by Crippen LogP contribution is -2.33. The highest BCUT2D eigenvalue weighted by Crippen LogP contribution is 2.41. The summed E-state index contributed by atoms with van der Waals surface area (Å²) in [6, 6.07) is 5.30. The quantitative estimate of drug-likeness (QED) is 0.304. The largest absolute Gasteiger partial charge is 0.496 e. The van der Waals surface area contributed by atoms with Crippen LogP contribution in [0.4, 0.5) is 4.39 Å². The van der Waals surface area contributed by atoms with Gasteiger partial charge in [-0.3, -0.25) is 9.48 Å². The maximum Gasteiger partial charge on any atom is 0.225 e. The number of ether oxygens (including phenoxy) is 1. The monoisotopic (exact) mass is 537 g/mol. The summed E-state index contributed by atoms with van der Waals surface area (Å²) in [5.74, 6) is 0.150. The average Bonchev–Trinajstić information content (AvgIpc) is 3.52. The Bertz CT molecular complexity index is 1490. The minimum Gasteiger partial charge on any atom is -0.496 e. The van der Waals surface area contributed by atoms with Crippen molar-refractivity contribution in [2.24, 2.45) is 5.92 Å². The van der Waals surface area contributed by atoms with Gasteiger partial charge in [-0.15, -0.1) is 0 Å². The number of fused-ring (bicyclic) bond motifs is 1. The third-order valence-corrected chi connectivity index (χ3v) is 8.35. The number of amides is 1. The number of hydrogen-bond donors (Lipinski definition) is 1. The minimum atomic E-state index is -0.476. The lowest BCUT2D eigenvalue weighted by Gasteiger charge is -2.30. The van der Waals surface area contributed by atoms with Crippen LogP contribution >= 0.6 is 11.6 Å². The molecule has 0 radical (unpaired) electrons. The summed E-state index contributed by atoms with van der Waals surface area (Å²) in [5.41, 5.74) is 5.36. The van der Waals surface area contributed by atoms with Crippen molar-refractivity contribution in [3.8, 4) is 16.9 Å². The minimum absolute atomic E-state index is 0.0643. The fraction of sp³-hybridized carbons (Fsp3) is 0.414. The molecule has 1 fully saturated rings. The Balaban J connectivity index is 1.45. The number of pyridine rings is 1. The van der Waals surface area contributed by atoms with Crippen LogP contribution in [0.25, 0.3) is 22.2 Å². The summed E-state index contributed by atoms with van der Waals surface area (Å²) >= 11 is 6.39. The third-order valence-electron chi connectivity index (χ3n) is 7.96. The smallest absolute Gasteiger partial charge is 0.225 e. The van der Waals surface area contributed by atoms with Crippen LogP contribution in [0.15, 0.2) is 36.8 Å². The number of benzene rings is 1. The third kappa shape index (κ3) is 4.55. The summed E-state index contributed by atoms with van der Waals surface area (Å²) < 4.78 is 22.0. The molecule has 1 atom stereocenters. The number of halogens is 2. The topological polar surface area (TPSA) is 76.0 Å². The van der Waals surface area contributed by atoms with Crippen molar-refractivity contribution in [3.63, 3.8) is 0 Å². The first-order valence-electron chi connectivity index (χ1n) is 13.0. The first-order chi connectivity index (χ1) is 18.2. The molecule has 0 spiro atoms. The van der Waals surface area contributed by atoms with Crippen LogP contribution in [0.3, 0.4) is 0 Å². The van der Waals surface area contributed by atoms with Gasteiger partial charge in [0.05, 0.1) is 24.4 Å². The molecule has 7 nitrogen and oxygen atoms in total. The zero-order valence-corrected chi connectivity index (χ0v) is 23.1. The van der Waals surface area contributed by atoms with Gasteiger partial charge in [0.15, 0.2) is 0 Å². The van der Waals surface area contributed by atoms with Gasteiger partial charge in [-0.25, -0.2) is 9.37 Å². The number of rotatable bonds is 6. The van der Waals surface area contributed by atoms with E-state index in [-0.39, 0.29) is 28.8 Å². The molecule has 4 aromatic rings. The molecule has 1 amide bonds. The second-order valence-corrected chi connectivity index (χ2v) is 10.8. The Kier molecular flexibility index (Phi) is 7.18. The molecular formula is C29H33ClFN5O2. The van der Waals surface area contributed by atoms with E-state index < -0.39 is 5.82 Å². The molecule has 0 aliphatic heterocycles. The van der Waals surface area contributed by atoms with Gasteiger partial charge in [0.1, 0.15) is 17.2 Å². The first kappa shape index (κ1) is 26.2. The average molecular weight is 538 g/mol. The number of aromatic nitrogens is 4. The van der Waals surface area contributed by atoms with E-state index in [2.05, 4.69) is 27.6 Å². The maximum absolute atomic E-state index is 14.4. The van der Waals surface area contributed by atoms with Crippen LogP contribution in [0.1, 0.15) is 61.4 Å². The van der Waals surface area contributed by atoms with Crippen LogP contribution in [0, 0.1) is 18.7 Å². The summed E-state index contributed by atoms with van der Waals surface area (Å²) in [4.78, 5) is 22.0. The Morgan fingerprint density at radius 2 is 1.97 bits per heavy atom. The van der Waals surface area contributed by atoms with E-state index in [1.807, 2.05) is 39.6 Å². The summed E-state index contributed by atoms with van der Waals surface area (Å²) in [6.07, 6.45) is 9.26. The van der Waals surface area contributed by atoms with Crippen molar-refractivity contribution >= 4 is 28.5 Å². The van der Waals surface area contributed by atoms with Crippen molar-refractivity contribution in [1.82, 2.24) is 24.6 Å². The molecular weight excluding hydrogens is 505 g/mol. The normalized spacial score (nSPS) is 18.5. The highest BCUT2D eigenvalue weighted by molar-refractivity contribution is 6.31. The molecule has 200 valence electrons. The van der Waals surface area contributed by atoms with Crippen LogP contribution in [-0.2, 0) is 4.79 Å². The summed E-state index contributed by atoms with van der Waals surface area (Å²) in [6.45, 7) is 4.07. The molecule has 0 bridgehead atoms. The van der Waals surface area contributed by atoms with Gasteiger partial charge in [-0.2, -0.15) is 5.10 Å². The van der Waals surface area contributed by atoms with Crippen molar-refractivity contribution in [2.75, 3.05) is 21.2 Å². The van der Waals surface area contributed by atoms with E-state index in [1.165, 1.54) is 6.07 Å². The summed E-state index contributed by atoms with van der Waals surface area (Å²) in [7, 11) is 5.20. The van der Waals surface area contributed by atoms with Crippen LogP contribution < -0.4 is 4.74 Å². The van der Waals surface area contributed by atoms with E-state index in [0.29, 0.717) is 11.3 Å². The Morgan fingerprint density at radius 1 is 1.24 bits per heavy atom. The molecule has 0 unspecified atom stereocenters. The van der Waals surface area contributed by atoms with Crippen LogP contribution in [-0.4, -0.2) is 51.8 Å². The Hall–Kier alpha value is -3.39. The molecule has 1 aromatic carbocycles. The SMILES string of the molecule is COc1ccc(F)c(Cl)c1[C@@H](C)c1c[nH]c2ncc(-c3cnn(C4CCC(C(=O)N(C)C)CC4)c3C)cc12. The van der Waals surface area contributed by atoms with Crippen molar-refractivity contribution < 1.29 is 13.9 Å². The second kappa shape index (κ2) is 10.4. The zero-order chi connectivity index (χ0) is 27.1. The predicted octanol–water partition coefficient (Wildman–Crippen LogP) is 6.51. The second-order valence-electron chi connectivity index (χ2n) is 10.4. The molecule has 0 saturated heterocycles. The molecule has 1 N–H and O–H groups in total. The molecule has 9 heteroatoms. The molecule has 3 aromatic heterocycles. The standard InChI is InChI=1S/C29H33ClFN5O2/c1-16(26-25(38-5)11-10-24(31)27(26)30)22-14-33-28-21(22)12-19(13-32-28)23-15-34-36(17(23)2)20-8-6-18(7-9-20)29(37)35(3)4/h10-16,18,20H,6-9H2,1-5H3,(H,32,33)/t16-,18?,20?/m0/s1. The summed E-state index contributed by atoms with van der Waals surface area (Å²) in [5, 5.41) is 5.75. The van der Waals surface area contributed by atoms with Crippen LogP contribution in [0.5, 0.6) is 5.75 Å². The van der Waals surface area contributed by atoms with Crippen molar-refractivity contribution in [2.45, 2.75) is 51.5 Å². The van der Waals surface area contributed by atoms with E-state index in [0.717, 1.165) is 59.1 Å². The van der Waals surface area contributed by atoms with Gasteiger partial charge < -0.3 is 14.6 Å². The number of H-pyrrole nitrogens is 1.